The minimum atomic E-state index is -0.228. The van der Waals surface area contributed by atoms with Crippen molar-refractivity contribution in [3.05, 3.63) is 47.5 Å². The molecule has 6 heteroatoms. The molecule has 0 spiro atoms. The van der Waals surface area contributed by atoms with E-state index in [0.717, 1.165) is 22.6 Å². The van der Waals surface area contributed by atoms with Gasteiger partial charge >= 0.3 is 0 Å². The fourth-order valence-electron chi connectivity index (χ4n) is 3.10. The van der Waals surface area contributed by atoms with Crippen molar-refractivity contribution in [2.45, 2.75) is 19.9 Å². The van der Waals surface area contributed by atoms with Crippen LogP contribution in [-0.4, -0.2) is 33.3 Å². The molecule has 144 valence electrons. The number of benzene rings is 2. The third kappa shape index (κ3) is 4.45. The number of methoxy groups -OCH3 is 2. The van der Waals surface area contributed by atoms with Crippen LogP contribution in [0.1, 0.15) is 18.1 Å². The molecular weight excluding hydrogens is 346 g/mol. The highest BCUT2D eigenvalue weighted by Gasteiger charge is 2.26. The summed E-state index contributed by atoms with van der Waals surface area (Å²) in [5, 5.41) is 2.99. The summed E-state index contributed by atoms with van der Waals surface area (Å²) in [7, 11) is 3.23. The maximum atomic E-state index is 12.6. The quantitative estimate of drug-likeness (QED) is 0.811. The van der Waals surface area contributed by atoms with Gasteiger partial charge in [-0.2, -0.15) is 0 Å². The summed E-state index contributed by atoms with van der Waals surface area (Å²) in [5.41, 5.74) is 1.94. The van der Waals surface area contributed by atoms with E-state index in [1.807, 2.05) is 43.3 Å². The first-order valence-corrected chi connectivity index (χ1v) is 9.01. The fraction of sp³-hybridized carbons (Fsp3) is 0.381. The van der Waals surface area contributed by atoms with Crippen LogP contribution in [0.5, 0.6) is 23.0 Å². The number of rotatable bonds is 7. The molecule has 2 aromatic carbocycles. The number of amides is 1. The Balaban J connectivity index is 1.62. The molecule has 0 bridgehead atoms. The van der Waals surface area contributed by atoms with Crippen LogP contribution >= 0.6 is 0 Å². The normalized spacial score (nSPS) is 15.3. The number of carbonyl (C=O) groups is 1. The van der Waals surface area contributed by atoms with Crippen LogP contribution in [0.2, 0.25) is 0 Å². The molecule has 0 radical (unpaired) electrons. The van der Waals surface area contributed by atoms with Crippen molar-refractivity contribution < 1.29 is 23.7 Å². The molecule has 1 heterocycles. The Hall–Kier alpha value is -2.89. The predicted molar refractivity (Wildman–Crippen MR) is 102 cm³/mol. The Morgan fingerprint density at radius 3 is 2.74 bits per heavy atom. The molecule has 1 aliphatic heterocycles. The van der Waals surface area contributed by atoms with Gasteiger partial charge in [0, 0.05) is 6.54 Å². The minimum absolute atomic E-state index is 0.0303. The van der Waals surface area contributed by atoms with Gasteiger partial charge in [0.1, 0.15) is 18.1 Å². The second kappa shape index (κ2) is 8.66. The van der Waals surface area contributed by atoms with Crippen LogP contribution < -0.4 is 24.3 Å². The van der Waals surface area contributed by atoms with Gasteiger partial charge in [-0.3, -0.25) is 4.79 Å². The van der Waals surface area contributed by atoms with E-state index in [0.29, 0.717) is 37.7 Å². The molecule has 6 nitrogen and oxygen atoms in total. The van der Waals surface area contributed by atoms with Crippen LogP contribution in [0.4, 0.5) is 0 Å². The van der Waals surface area contributed by atoms with Crippen LogP contribution in [0.15, 0.2) is 36.4 Å². The summed E-state index contributed by atoms with van der Waals surface area (Å²) in [6.45, 7) is 3.26. The van der Waals surface area contributed by atoms with Gasteiger partial charge in [0.2, 0.25) is 5.91 Å². The van der Waals surface area contributed by atoms with Gasteiger partial charge in [-0.1, -0.05) is 6.07 Å². The molecule has 3 rings (SSSR count). The molecule has 2 aromatic rings. The molecule has 0 aliphatic carbocycles. The number of fused-ring (bicyclic) bond motifs is 1. The highest BCUT2D eigenvalue weighted by molar-refractivity contribution is 5.79. The third-order valence-corrected chi connectivity index (χ3v) is 4.54. The van der Waals surface area contributed by atoms with Gasteiger partial charge < -0.3 is 24.3 Å². The third-order valence-electron chi connectivity index (χ3n) is 4.54. The Bertz CT molecular complexity index is 805. The SMILES string of the molecule is CCOc1cc(CNC(=O)C2COc3ccc(OC)cc3C2)ccc1OC. The lowest BCUT2D eigenvalue weighted by atomic mass is 9.95. The topological polar surface area (TPSA) is 66.0 Å². The summed E-state index contributed by atoms with van der Waals surface area (Å²) < 4.78 is 21.9. The molecule has 0 saturated carbocycles. The Labute approximate surface area is 159 Å². The second-order valence-corrected chi connectivity index (χ2v) is 6.32. The minimum Gasteiger partial charge on any atom is -0.497 e. The molecule has 1 atom stereocenters. The van der Waals surface area contributed by atoms with E-state index in [-0.39, 0.29) is 11.8 Å². The van der Waals surface area contributed by atoms with E-state index in [1.54, 1.807) is 14.2 Å². The monoisotopic (exact) mass is 371 g/mol. The average molecular weight is 371 g/mol. The number of carbonyl (C=O) groups excluding carboxylic acids is 1. The number of ether oxygens (including phenoxy) is 4. The van der Waals surface area contributed by atoms with Gasteiger partial charge in [0.25, 0.3) is 0 Å². The van der Waals surface area contributed by atoms with Crippen LogP contribution in [0, 0.1) is 5.92 Å². The van der Waals surface area contributed by atoms with Crippen LogP contribution in [0.25, 0.3) is 0 Å². The zero-order chi connectivity index (χ0) is 19.2. The summed E-state index contributed by atoms with van der Waals surface area (Å²) in [4.78, 5) is 12.6. The van der Waals surface area contributed by atoms with Gasteiger partial charge in [-0.15, -0.1) is 0 Å². The number of hydrogen-bond acceptors (Lipinski definition) is 5. The van der Waals surface area contributed by atoms with E-state index in [1.165, 1.54) is 0 Å². The summed E-state index contributed by atoms with van der Waals surface area (Å²) in [6, 6.07) is 11.3. The predicted octanol–water partition coefficient (Wildman–Crippen LogP) is 2.97. The number of hydrogen-bond donors (Lipinski definition) is 1. The summed E-state index contributed by atoms with van der Waals surface area (Å²) in [5.74, 6) is 2.68. The van der Waals surface area contributed by atoms with Crippen molar-refractivity contribution in [2.24, 2.45) is 5.92 Å². The van der Waals surface area contributed by atoms with Gasteiger partial charge in [-0.25, -0.2) is 0 Å². The zero-order valence-corrected chi connectivity index (χ0v) is 15.9. The van der Waals surface area contributed by atoms with Gasteiger partial charge in [-0.05, 0) is 54.8 Å². The number of nitrogens with one attached hydrogen (secondary N) is 1. The van der Waals surface area contributed by atoms with Crippen LogP contribution in [-0.2, 0) is 17.8 Å². The highest BCUT2D eigenvalue weighted by atomic mass is 16.5. The standard InChI is InChI=1S/C21H25NO5/c1-4-26-20-9-14(5-7-19(20)25-3)12-22-21(23)16-10-15-11-17(24-2)6-8-18(15)27-13-16/h5-9,11,16H,4,10,12-13H2,1-3H3,(H,22,23). The Kier molecular flexibility index (Phi) is 6.06. The first-order valence-electron chi connectivity index (χ1n) is 9.01. The van der Waals surface area contributed by atoms with Crippen LogP contribution in [0.3, 0.4) is 0 Å². The maximum absolute atomic E-state index is 12.6. The second-order valence-electron chi connectivity index (χ2n) is 6.32. The average Bonchev–Trinajstić information content (AvgIpc) is 2.71. The van der Waals surface area contributed by atoms with Crippen molar-refractivity contribution in [2.75, 3.05) is 27.4 Å². The van der Waals surface area contributed by atoms with Gasteiger partial charge in [0.15, 0.2) is 11.5 Å². The molecule has 1 aliphatic rings. The van der Waals surface area contributed by atoms with E-state index in [2.05, 4.69) is 5.32 Å². The largest absolute Gasteiger partial charge is 0.497 e. The summed E-state index contributed by atoms with van der Waals surface area (Å²) >= 11 is 0. The molecule has 27 heavy (non-hydrogen) atoms. The fourth-order valence-corrected chi connectivity index (χ4v) is 3.10. The first-order chi connectivity index (χ1) is 13.1. The molecule has 1 N–H and O–H groups in total. The molecule has 1 amide bonds. The van der Waals surface area contributed by atoms with Gasteiger partial charge in [0.05, 0.1) is 26.7 Å². The van der Waals surface area contributed by atoms with Crippen molar-refractivity contribution in [1.29, 1.82) is 0 Å². The summed E-state index contributed by atoms with van der Waals surface area (Å²) in [6.07, 6.45) is 0.630. The lowest BCUT2D eigenvalue weighted by molar-refractivity contribution is -0.126. The van der Waals surface area contributed by atoms with E-state index >= 15 is 0 Å². The van der Waals surface area contributed by atoms with Crippen molar-refractivity contribution in [3.8, 4) is 23.0 Å². The van der Waals surface area contributed by atoms with E-state index in [4.69, 9.17) is 18.9 Å². The zero-order valence-electron chi connectivity index (χ0n) is 15.9. The first kappa shape index (κ1) is 18.9. The Morgan fingerprint density at radius 1 is 1.15 bits per heavy atom. The molecule has 0 aromatic heterocycles. The van der Waals surface area contributed by atoms with E-state index in [9.17, 15) is 4.79 Å². The lowest BCUT2D eigenvalue weighted by Crippen LogP contribution is -2.37. The highest BCUT2D eigenvalue weighted by Crippen LogP contribution is 2.31. The molecule has 0 fully saturated rings. The Morgan fingerprint density at radius 2 is 2.00 bits per heavy atom. The molecule has 0 saturated heterocycles. The van der Waals surface area contributed by atoms with Crippen molar-refractivity contribution in [1.82, 2.24) is 5.32 Å². The van der Waals surface area contributed by atoms with Crippen molar-refractivity contribution in [3.63, 3.8) is 0 Å². The lowest BCUT2D eigenvalue weighted by Gasteiger charge is -2.25. The smallest absolute Gasteiger partial charge is 0.227 e. The maximum Gasteiger partial charge on any atom is 0.227 e. The van der Waals surface area contributed by atoms with Crippen molar-refractivity contribution >= 4 is 5.91 Å². The molecular formula is C21H25NO5. The van der Waals surface area contributed by atoms with E-state index < -0.39 is 0 Å². The molecule has 1 unspecified atom stereocenters.